The summed E-state index contributed by atoms with van der Waals surface area (Å²) in [5.74, 6) is -0.903. The number of esters is 2. The molecule has 20 heavy (non-hydrogen) atoms. The van der Waals surface area contributed by atoms with E-state index in [0.717, 1.165) is 5.56 Å². The predicted molar refractivity (Wildman–Crippen MR) is 76.0 cm³/mol. The molecule has 0 aliphatic rings. The van der Waals surface area contributed by atoms with Gasteiger partial charge in [0.15, 0.2) is 6.10 Å². The SMILES string of the molecule is CCOC(=O)C(CC)OC(=O)CCc1cccc(N)c1. The molecule has 0 aliphatic carbocycles. The van der Waals surface area contributed by atoms with Gasteiger partial charge >= 0.3 is 11.9 Å². The van der Waals surface area contributed by atoms with E-state index in [9.17, 15) is 9.59 Å². The number of nitrogen functional groups attached to an aromatic ring is 1. The number of hydrogen-bond donors (Lipinski definition) is 1. The highest BCUT2D eigenvalue weighted by Gasteiger charge is 2.21. The van der Waals surface area contributed by atoms with Crippen molar-refractivity contribution in [3.8, 4) is 0 Å². The van der Waals surface area contributed by atoms with E-state index in [4.69, 9.17) is 15.2 Å². The van der Waals surface area contributed by atoms with Crippen molar-refractivity contribution in [3.63, 3.8) is 0 Å². The van der Waals surface area contributed by atoms with Crippen LogP contribution in [0.5, 0.6) is 0 Å². The van der Waals surface area contributed by atoms with Gasteiger partial charge in [-0.3, -0.25) is 4.79 Å². The Labute approximate surface area is 119 Å². The smallest absolute Gasteiger partial charge is 0.347 e. The van der Waals surface area contributed by atoms with Gasteiger partial charge in [-0.05, 0) is 37.5 Å². The maximum atomic E-state index is 11.7. The molecule has 110 valence electrons. The van der Waals surface area contributed by atoms with Gasteiger partial charge in [-0.2, -0.15) is 0 Å². The van der Waals surface area contributed by atoms with Crippen molar-refractivity contribution in [3.05, 3.63) is 29.8 Å². The van der Waals surface area contributed by atoms with Gasteiger partial charge in [0.25, 0.3) is 0 Å². The number of ether oxygens (including phenoxy) is 2. The third-order valence-corrected chi connectivity index (χ3v) is 2.76. The van der Waals surface area contributed by atoms with Gasteiger partial charge in [-0.15, -0.1) is 0 Å². The van der Waals surface area contributed by atoms with E-state index in [-0.39, 0.29) is 13.0 Å². The lowest BCUT2D eigenvalue weighted by molar-refractivity contribution is -0.167. The molecule has 5 nitrogen and oxygen atoms in total. The van der Waals surface area contributed by atoms with Crippen molar-refractivity contribution in [1.29, 1.82) is 0 Å². The quantitative estimate of drug-likeness (QED) is 0.610. The number of aryl methyl sites for hydroxylation is 1. The summed E-state index contributed by atoms with van der Waals surface area (Å²) in [5, 5.41) is 0. The molecule has 0 aliphatic heterocycles. The van der Waals surface area contributed by atoms with Crippen LogP contribution in [-0.2, 0) is 25.5 Å². The summed E-state index contributed by atoms with van der Waals surface area (Å²) in [7, 11) is 0. The van der Waals surface area contributed by atoms with E-state index in [0.29, 0.717) is 18.5 Å². The zero-order valence-electron chi connectivity index (χ0n) is 11.9. The minimum atomic E-state index is -0.816. The third-order valence-electron chi connectivity index (χ3n) is 2.76. The zero-order valence-corrected chi connectivity index (χ0v) is 11.9. The molecule has 0 spiro atoms. The molecule has 1 atom stereocenters. The Morgan fingerprint density at radius 3 is 2.65 bits per heavy atom. The van der Waals surface area contributed by atoms with Gasteiger partial charge in [0, 0.05) is 12.1 Å². The standard InChI is InChI=1S/C15H21NO4/c1-3-13(15(18)19-4-2)20-14(17)9-8-11-6-5-7-12(16)10-11/h5-7,10,13H,3-4,8-9,16H2,1-2H3. The lowest BCUT2D eigenvalue weighted by Gasteiger charge is -2.14. The number of benzene rings is 1. The predicted octanol–water partition coefficient (Wildman–Crippen LogP) is 2.09. The molecule has 1 rings (SSSR count). The second-order valence-corrected chi connectivity index (χ2v) is 4.38. The first kappa shape index (κ1) is 16.0. The Balaban J connectivity index is 2.44. The van der Waals surface area contributed by atoms with Crippen molar-refractivity contribution in [2.24, 2.45) is 0 Å². The molecular weight excluding hydrogens is 258 g/mol. The molecule has 0 saturated heterocycles. The number of rotatable bonds is 7. The molecule has 0 aromatic heterocycles. The lowest BCUT2D eigenvalue weighted by Crippen LogP contribution is -2.28. The van der Waals surface area contributed by atoms with Crippen LogP contribution in [0.15, 0.2) is 24.3 Å². The van der Waals surface area contributed by atoms with Crippen LogP contribution in [0.1, 0.15) is 32.3 Å². The summed E-state index contributed by atoms with van der Waals surface area (Å²) in [4.78, 5) is 23.2. The van der Waals surface area contributed by atoms with Crippen LogP contribution in [-0.4, -0.2) is 24.6 Å². The number of anilines is 1. The minimum Gasteiger partial charge on any atom is -0.463 e. The fraction of sp³-hybridized carbons (Fsp3) is 0.467. The van der Waals surface area contributed by atoms with Crippen molar-refractivity contribution in [1.82, 2.24) is 0 Å². The molecule has 0 radical (unpaired) electrons. The van der Waals surface area contributed by atoms with Crippen LogP contribution in [0.3, 0.4) is 0 Å². The maximum Gasteiger partial charge on any atom is 0.347 e. The molecule has 0 fully saturated rings. The zero-order chi connectivity index (χ0) is 15.0. The van der Waals surface area contributed by atoms with E-state index in [1.807, 2.05) is 18.2 Å². The highest BCUT2D eigenvalue weighted by atomic mass is 16.6. The summed E-state index contributed by atoms with van der Waals surface area (Å²) in [6.07, 6.45) is 0.328. The van der Waals surface area contributed by atoms with Gasteiger partial charge in [0.2, 0.25) is 0 Å². The maximum absolute atomic E-state index is 11.7. The summed E-state index contributed by atoms with van der Waals surface area (Å²) in [6.45, 7) is 3.76. The molecule has 0 amide bonds. The van der Waals surface area contributed by atoms with Crippen LogP contribution in [0.2, 0.25) is 0 Å². The third kappa shape index (κ3) is 5.30. The Kier molecular flexibility index (Phi) is 6.56. The first-order valence-electron chi connectivity index (χ1n) is 6.77. The molecule has 2 N–H and O–H groups in total. The second kappa shape index (κ2) is 8.19. The summed E-state index contributed by atoms with van der Waals surface area (Å²) >= 11 is 0. The van der Waals surface area contributed by atoms with Gasteiger partial charge in [0.1, 0.15) is 0 Å². The first-order valence-corrected chi connectivity index (χ1v) is 6.77. The van der Waals surface area contributed by atoms with Crippen molar-refractivity contribution in [2.45, 2.75) is 39.2 Å². The van der Waals surface area contributed by atoms with Gasteiger partial charge < -0.3 is 15.2 Å². The molecule has 0 heterocycles. The van der Waals surface area contributed by atoms with Crippen molar-refractivity contribution in [2.75, 3.05) is 12.3 Å². The van der Waals surface area contributed by atoms with E-state index in [1.54, 1.807) is 19.9 Å². The van der Waals surface area contributed by atoms with E-state index in [2.05, 4.69) is 0 Å². The number of hydrogen-bond acceptors (Lipinski definition) is 5. The van der Waals surface area contributed by atoms with Crippen LogP contribution in [0.25, 0.3) is 0 Å². The van der Waals surface area contributed by atoms with Gasteiger partial charge in [-0.1, -0.05) is 19.1 Å². The molecule has 0 saturated carbocycles. The highest BCUT2D eigenvalue weighted by Crippen LogP contribution is 2.10. The topological polar surface area (TPSA) is 78.6 Å². The van der Waals surface area contributed by atoms with Crippen LogP contribution >= 0.6 is 0 Å². The minimum absolute atomic E-state index is 0.208. The van der Waals surface area contributed by atoms with Crippen LogP contribution in [0.4, 0.5) is 5.69 Å². The van der Waals surface area contributed by atoms with Gasteiger partial charge in [0.05, 0.1) is 6.61 Å². The van der Waals surface area contributed by atoms with Crippen molar-refractivity contribution < 1.29 is 19.1 Å². The average molecular weight is 279 g/mol. The fourth-order valence-electron chi connectivity index (χ4n) is 1.75. The Morgan fingerprint density at radius 1 is 1.30 bits per heavy atom. The van der Waals surface area contributed by atoms with E-state index >= 15 is 0 Å². The van der Waals surface area contributed by atoms with Crippen LogP contribution in [0, 0.1) is 0 Å². The van der Waals surface area contributed by atoms with Crippen LogP contribution < -0.4 is 5.73 Å². The number of carbonyl (C=O) groups is 2. The Bertz CT molecular complexity index is 459. The largest absolute Gasteiger partial charge is 0.463 e. The molecule has 1 aromatic rings. The van der Waals surface area contributed by atoms with Gasteiger partial charge in [-0.25, -0.2) is 4.79 Å². The fourth-order valence-corrected chi connectivity index (χ4v) is 1.75. The summed E-state index contributed by atoms with van der Waals surface area (Å²) in [5.41, 5.74) is 7.29. The molecule has 5 heteroatoms. The second-order valence-electron chi connectivity index (χ2n) is 4.38. The molecule has 0 bridgehead atoms. The molecule has 1 unspecified atom stereocenters. The monoisotopic (exact) mass is 279 g/mol. The van der Waals surface area contributed by atoms with E-state index in [1.165, 1.54) is 0 Å². The summed E-state index contributed by atoms with van der Waals surface area (Å²) < 4.78 is 9.96. The Morgan fingerprint density at radius 2 is 2.05 bits per heavy atom. The normalized spacial score (nSPS) is 11.7. The molecule has 1 aromatic carbocycles. The highest BCUT2D eigenvalue weighted by molar-refractivity contribution is 5.79. The lowest BCUT2D eigenvalue weighted by atomic mass is 10.1. The Hall–Kier alpha value is -2.04. The number of nitrogens with two attached hydrogens (primary N) is 1. The van der Waals surface area contributed by atoms with Crippen molar-refractivity contribution >= 4 is 17.6 Å². The first-order chi connectivity index (χ1) is 9.56. The number of carbonyl (C=O) groups excluding carboxylic acids is 2. The average Bonchev–Trinajstić information content (AvgIpc) is 2.43. The summed E-state index contributed by atoms with van der Waals surface area (Å²) in [6, 6.07) is 7.33. The van der Waals surface area contributed by atoms with E-state index < -0.39 is 18.0 Å². The molecular formula is C15H21NO4.